The lowest BCUT2D eigenvalue weighted by Gasteiger charge is -2.34. The van der Waals surface area contributed by atoms with Crippen molar-refractivity contribution in [1.82, 2.24) is 34.3 Å². The number of aliphatic carboxylic acids is 1. The van der Waals surface area contributed by atoms with Crippen LogP contribution in [0.2, 0.25) is 0 Å². The first-order valence-corrected chi connectivity index (χ1v) is 18.6. The molecule has 5 rings (SSSR count). The molecule has 16 nitrogen and oxygen atoms in total. The van der Waals surface area contributed by atoms with E-state index in [9.17, 15) is 33.7 Å². The number of fused-ring (bicyclic) bond motifs is 1. The molecule has 1 unspecified atom stereocenters. The van der Waals surface area contributed by atoms with E-state index in [0.29, 0.717) is 5.56 Å². The van der Waals surface area contributed by atoms with Gasteiger partial charge in [0.05, 0.1) is 40.7 Å². The Hall–Kier alpha value is -4.83. The van der Waals surface area contributed by atoms with Crippen molar-refractivity contribution in [3.05, 3.63) is 72.1 Å². The molecule has 53 heavy (non-hydrogen) atoms. The number of hydrogen-bond donors (Lipinski definition) is 0. The number of pyridine rings is 1. The number of piperazine rings is 1. The van der Waals surface area contributed by atoms with Gasteiger partial charge < -0.3 is 33.7 Å². The van der Waals surface area contributed by atoms with Gasteiger partial charge in [-0.25, -0.2) is 14.1 Å². The number of carbonyl (C=O) groups excluding carboxylic acids is 4. The standard InChI is InChI=1S/C27H29FN7O7P.C8H16O2/c1-27(2,3)42-43(39,40)41-17-34-16-19(21-20(28)15-29-24(22(21)34)35-10-9-30-31-35)23(36)26(38)33-13-11-32(12-14-33)25(37)18-7-5-4-6-8-18;1-3-4-5-6-7(2)8(9)10/h4-10,15-16H,11-14,17H2,1-3H3,(H,39,40);7H,3-6H2,1-2H3,(H,9,10)/p-2/t;7-/m.0/s1. The van der Waals surface area contributed by atoms with Gasteiger partial charge in [0.15, 0.2) is 11.6 Å². The highest BCUT2D eigenvalue weighted by atomic mass is 31.2. The van der Waals surface area contributed by atoms with Crippen molar-refractivity contribution in [3.8, 4) is 5.82 Å². The summed E-state index contributed by atoms with van der Waals surface area (Å²) in [5.74, 6) is -4.24. The highest BCUT2D eigenvalue weighted by Crippen LogP contribution is 2.43. The third-order valence-corrected chi connectivity index (χ3v) is 9.37. The molecule has 1 aliphatic heterocycles. The summed E-state index contributed by atoms with van der Waals surface area (Å²) in [5.41, 5.74) is -0.962. The number of Topliss-reactive ketones (excluding diaryl/α,β-unsaturated/α-hetero) is 1. The number of unbranched alkanes of at least 4 members (excludes halogenated alkanes) is 2. The van der Waals surface area contributed by atoms with Crippen LogP contribution in [-0.2, 0) is 29.9 Å². The van der Waals surface area contributed by atoms with Gasteiger partial charge in [-0.15, -0.1) is 5.10 Å². The van der Waals surface area contributed by atoms with Gasteiger partial charge in [-0.05, 0) is 45.2 Å². The summed E-state index contributed by atoms with van der Waals surface area (Å²) in [6.45, 7) is 8.21. The first-order chi connectivity index (χ1) is 25.0. The third-order valence-electron chi connectivity index (χ3n) is 8.17. The van der Waals surface area contributed by atoms with Gasteiger partial charge in [-0.1, -0.05) is 56.5 Å². The number of ketones is 1. The molecule has 0 saturated carbocycles. The van der Waals surface area contributed by atoms with Crippen molar-refractivity contribution >= 4 is 42.3 Å². The van der Waals surface area contributed by atoms with Gasteiger partial charge in [0.2, 0.25) is 0 Å². The van der Waals surface area contributed by atoms with E-state index in [2.05, 4.69) is 22.2 Å². The lowest BCUT2D eigenvalue weighted by Crippen LogP contribution is -2.52. The second kappa shape index (κ2) is 17.8. The van der Waals surface area contributed by atoms with Gasteiger partial charge in [0.1, 0.15) is 6.73 Å². The maximum atomic E-state index is 15.3. The van der Waals surface area contributed by atoms with Crippen LogP contribution < -0.4 is 10.00 Å². The minimum atomic E-state index is -4.85. The van der Waals surface area contributed by atoms with Crippen molar-refractivity contribution in [2.75, 3.05) is 26.2 Å². The minimum Gasteiger partial charge on any atom is -0.756 e. The third kappa shape index (κ3) is 10.9. The van der Waals surface area contributed by atoms with Gasteiger partial charge in [0, 0.05) is 43.9 Å². The average Bonchev–Trinajstić information content (AvgIpc) is 3.80. The normalized spacial score (nSPS) is 15.0. The number of carboxylic acids is 1. The second-order valence-corrected chi connectivity index (χ2v) is 14.8. The molecule has 0 radical (unpaired) electrons. The summed E-state index contributed by atoms with van der Waals surface area (Å²) in [4.78, 5) is 69.3. The lowest BCUT2D eigenvalue weighted by molar-refractivity contribution is -0.311. The fraction of sp³-hybridized carbons (Fsp3) is 0.457. The lowest BCUT2D eigenvalue weighted by atomic mass is 10.0. The monoisotopic (exact) mass is 755 g/mol. The van der Waals surface area contributed by atoms with E-state index < -0.39 is 43.6 Å². The topological polar surface area (TPSA) is 205 Å². The average molecular weight is 756 g/mol. The molecule has 4 aromatic rings. The number of carbonyl (C=O) groups is 4. The number of amides is 2. The summed E-state index contributed by atoms with van der Waals surface area (Å²) >= 11 is 0. The fourth-order valence-electron chi connectivity index (χ4n) is 5.49. The predicted octanol–water partition coefficient (Wildman–Crippen LogP) is 3.13. The van der Waals surface area contributed by atoms with E-state index in [1.165, 1.54) is 42.7 Å². The summed E-state index contributed by atoms with van der Waals surface area (Å²) in [5, 5.41) is 17.5. The molecule has 3 aromatic heterocycles. The second-order valence-electron chi connectivity index (χ2n) is 13.4. The molecule has 0 bridgehead atoms. The first-order valence-electron chi connectivity index (χ1n) is 17.1. The van der Waals surface area contributed by atoms with Crippen LogP contribution in [0.3, 0.4) is 0 Å². The van der Waals surface area contributed by atoms with E-state index in [0.717, 1.165) is 42.6 Å². The van der Waals surface area contributed by atoms with Gasteiger partial charge in [0.25, 0.3) is 25.4 Å². The predicted molar refractivity (Wildman–Crippen MR) is 186 cm³/mol. The van der Waals surface area contributed by atoms with E-state index in [1.54, 1.807) is 42.2 Å². The zero-order chi connectivity index (χ0) is 38.9. The number of halogens is 1. The molecule has 0 spiro atoms. The fourth-order valence-corrected chi connectivity index (χ4v) is 6.48. The Bertz CT molecular complexity index is 1940. The van der Waals surface area contributed by atoms with E-state index in [1.807, 2.05) is 0 Å². The molecule has 1 aromatic carbocycles. The van der Waals surface area contributed by atoms with Crippen molar-refractivity contribution in [2.45, 2.75) is 72.6 Å². The molecule has 1 saturated heterocycles. The molecule has 1 aliphatic rings. The highest BCUT2D eigenvalue weighted by Gasteiger charge is 2.33. The number of nitrogens with zero attached hydrogens (tertiary/aromatic N) is 7. The van der Waals surface area contributed by atoms with Crippen LogP contribution in [0.5, 0.6) is 0 Å². The Balaban J connectivity index is 0.000000550. The van der Waals surface area contributed by atoms with Crippen LogP contribution in [0.1, 0.15) is 81.0 Å². The molecular weight excluding hydrogens is 712 g/mol. The van der Waals surface area contributed by atoms with Gasteiger partial charge in [-0.3, -0.25) is 23.5 Å². The molecule has 0 N–H and O–H groups in total. The Morgan fingerprint density at radius 3 is 2.28 bits per heavy atom. The summed E-state index contributed by atoms with van der Waals surface area (Å²) < 4.78 is 40.2. The number of benzene rings is 1. The van der Waals surface area contributed by atoms with Crippen molar-refractivity contribution in [1.29, 1.82) is 0 Å². The summed E-state index contributed by atoms with van der Waals surface area (Å²) in [6.07, 6.45) is 8.78. The molecule has 18 heteroatoms. The van der Waals surface area contributed by atoms with Crippen LogP contribution in [-0.4, -0.2) is 89.7 Å². The molecule has 0 aliphatic carbocycles. The number of aromatic nitrogens is 5. The Kier molecular flexibility index (Phi) is 13.7. The maximum Gasteiger partial charge on any atom is 0.295 e. The minimum absolute atomic E-state index is 0.00880. The Morgan fingerprint density at radius 2 is 1.70 bits per heavy atom. The van der Waals surface area contributed by atoms with Crippen molar-refractivity contribution < 1.29 is 47.2 Å². The van der Waals surface area contributed by atoms with E-state index >= 15 is 4.39 Å². The SMILES string of the molecule is CC(C)(C)OP(=O)([O-])OCn1cc(C(=O)C(=O)N2CCN(C(=O)c3ccccc3)CC2)c2c(F)cnc(-n3ccnn3)c21.CCCCC[C@H](C)C(=O)[O-]. The number of carboxylic acid groups (broad SMARTS) is 1. The quantitative estimate of drug-likeness (QED) is 0.0836. The molecule has 4 heterocycles. The van der Waals surface area contributed by atoms with Crippen LogP contribution in [0, 0.1) is 11.7 Å². The van der Waals surface area contributed by atoms with Crippen LogP contribution >= 0.6 is 7.82 Å². The molecule has 1 fully saturated rings. The summed E-state index contributed by atoms with van der Waals surface area (Å²) in [7, 11) is -4.85. The van der Waals surface area contributed by atoms with Crippen molar-refractivity contribution in [2.24, 2.45) is 5.92 Å². The molecular formula is C35H43FN7O9P-2. The molecule has 286 valence electrons. The smallest absolute Gasteiger partial charge is 0.295 e. The largest absolute Gasteiger partial charge is 0.756 e. The Labute approximate surface area is 306 Å². The van der Waals surface area contributed by atoms with Gasteiger partial charge >= 0.3 is 0 Å². The first kappa shape index (κ1) is 40.9. The summed E-state index contributed by atoms with van der Waals surface area (Å²) in [6, 6.07) is 8.70. The van der Waals surface area contributed by atoms with Crippen LogP contribution in [0.25, 0.3) is 16.7 Å². The van der Waals surface area contributed by atoms with Crippen LogP contribution in [0.4, 0.5) is 4.39 Å². The van der Waals surface area contributed by atoms with E-state index in [4.69, 9.17) is 9.05 Å². The van der Waals surface area contributed by atoms with Gasteiger partial charge in [-0.2, -0.15) is 0 Å². The number of rotatable bonds is 13. The number of phosphoric acid groups is 1. The highest BCUT2D eigenvalue weighted by molar-refractivity contribution is 7.45. The molecule has 2 atom stereocenters. The number of phosphoric ester groups is 1. The van der Waals surface area contributed by atoms with Crippen LogP contribution in [0.15, 0.2) is 55.1 Å². The maximum absolute atomic E-state index is 15.3. The zero-order valence-corrected chi connectivity index (χ0v) is 31.2. The molecule has 2 amide bonds. The van der Waals surface area contributed by atoms with Crippen molar-refractivity contribution in [3.63, 3.8) is 0 Å². The Morgan fingerprint density at radius 1 is 1.04 bits per heavy atom. The number of hydrogen-bond acceptors (Lipinski definition) is 12. The van der Waals surface area contributed by atoms with E-state index in [-0.39, 0.29) is 60.3 Å². The zero-order valence-electron chi connectivity index (χ0n) is 30.3.